The van der Waals surface area contributed by atoms with Crippen molar-refractivity contribution in [3.63, 3.8) is 0 Å². The van der Waals surface area contributed by atoms with Crippen LogP contribution >= 0.6 is 11.6 Å². The van der Waals surface area contributed by atoms with Crippen LogP contribution in [0.5, 0.6) is 0 Å². The van der Waals surface area contributed by atoms with Gasteiger partial charge in [-0.3, -0.25) is 9.59 Å². The van der Waals surface area contributed by atoms with Crippen LogP contribution in [0.3, 0.4) is 0 Å². The SMILES string of the molecule is O=C1C[C@@H](NCCCn2ccnc2)C(=O)N1c1ccc(Cl)cc1. The lowest BCUT2D eigenvalue weighted by Gasteiger charge is -2.15. The number of carbonyl (C=O) groups is 2. The number of nitrogens with one attached hydrogen (secondary N) is 1. The van der Waals surface area contributed by atoms with E-state index in [0.29, 0.717) is 17.3 Å². The first-order valence-electron chi connectivity index (χ1n) is 7.46. The first-order chi connectivity index (χ1) is 11.1. The van der Waals surface area contributed by atoms with Gasteiger partial charge in [0, 0.05) is 24.0 Å². The molecule has 2 aromatic rings. The summed E-state index contributed by atoms with van der Waals surface area (Å²) in [6, 6.07) is 6.24. The first-order valence-corrected chi connectivity index (χ1v) is 7.84. The van der Waals surface area contributed by atoms with Crippen LogP contribution in [-0.2, 0) is 16.1 Å². The Morgan fingerprint density at radius 2 is 2.04 bits per heavy atom. The summed E-state index contributed by atoms with van der Waals surface area (Å²) in [7, 11) is 0. The number of hydrogen-bond acceptors (Lipinski definition) is 4. The molecule has 0 aliphatic carbocycles. The van der Waals surface area contributed by atoms with E-state index in [4.69, 9.17) is 11.6 Å². The molecule has 1 aliphatic rings. The molecule has 7 heteroatoms. The molecule has 1 aromatic heterocycles. The van der Waals surface area contributed by atoms with Gasteiger partial charge in [-0.25, -0.2) is 9.88 Å². The molecule has 0 unspecified atom stereocenters. The zero-order chi connectivity index (χ0) is 16.2. The second kappa shape index (κ2) is 6.93. The van der Waals surface area contributed by atoms with Crippen molar-refractivity contribution in [1.82, 2.24) is 14.9 Å². The van der Waals surface area contributed by atoms with E-state index in [0.717, 1.165) is 13.0 Å². The van der Waals surface area contributed by atoms with Gasteiger partial charge in [0.15, 0.2) is 0 Å². The van der Waals surface area contributed by atoms with E-state index in [-0.39, 0.29) is 18.2 Å². The molecule has 1 aliphatic heterocycles. The van der Waals surface area contributed by atoms with Crippen LogP contribution in [0.4, 0.5) is 5.69 Å². The maximum absolute atomic E-state index is 12.4. The van der Waals surface area contributed by atoms with Gasteiger partial charge in [-0.2, -0.15) is 0 Å². The van der Waals surface area contributed by atoms with Crippen LogP contribution < -0.4 is 10.2 Å². The third-order valence-corrected chi connectivity index (χ3v) is 4.03. The lowest BCUT2D eigenvalue weighted by molar-refractivity contribution is -0.121. The number of hydrogen-bond donors (Lipinski definition) is 1. The number of benzene rings is 1. The number of amides is 2. The lowest BCUT2D eigenvalue weighted by Crippen LogP contribution is -2.39. The smallest absolute Gasteiger partial charge is 0.251 e. The van der Waals surface area contributed by atoms with Gasteiger partial charge in [0.25, 0.3) is 5.91 Å². The molecular formula is C16H17ClN4O2. The highest BCUT2D eigenvalue weighted by atomic mass is 35.5. The van der Waals surface area contributed by atoms with Gasteiger partial charge in [0.1, 0.15) is 0 Å². The summed E-state index contributed by atoms with van der Waals surface area (Å²) in [6.45, 7) is 1.49. The minimum atomic E-state index is -0.457. The van der Waals surface area contributed by atoms with E-state index in [9.17, 15) is 9.59 Å². The zero-order valence-electron chi connectivity index (χ0n) is 12.5. The maximum atomic E-state index is 12.4. The van der Waals surface area contributed by atoms with Crippen molar-refractivity contribution in [2.24, 2.45) is 0 Å². The fraction of sp³-hybridized carbons (Fsp3) is 0.312. The van der Waals surface area contributed by atoms with E-state index < -0.39 is 6.04 Å². The number of halogens is 1. The largest absolute Gasteiger partial charge is 0.337 e. The second-order valence-electron chi connectivity index (χ2n) is 5.41. The number of aromatic nitrogens is 2. The van der Waals surface area contributed by atoms with Crippen molar-refractivity contribution >= 4 is 29.1 Å². The number of carbonyl (C=O) groups excluding carboxylic acids is 2. The second-order valence-corrected chi connectivity index (χ2v) is 5.85. The molecule has 0 bridgehead atoms. The fourth-order valence-corrected chi connectivity index (χ4v) is 2.74. The lowest BCUT2D eigenvalue weighted by atomic mass is 10.2. The van der Waals surface area contributed by atoms with Crippen LogP contribution in [0, 0.1) is 0 Å². The number of imide groups is 1. The summed E-state index contributed by atoms with van der Waals surface area (Å²) < 4.78 is 1.98. The van der Waals surface area contributed by atoms with Crippen molar-refractivity contribution in [2.45, 2.75) is 25.4 Å². The van der Waals surface area contributed by atoms with Gasteiger partial charge in [-0.1, -0.05) is 11.6 Å². The van der Waals surface area contributed by atoms with Gasteiger partial charge < -0.3 is 9.88 Å². The Balaban J connectivity index is 1.54. The van der Waals surface area contributed by atoms with E-state index in [2.05, 4.69) is 10.3 Å². The average Bonchev–Trinajstić information content (AvgIpc) is 3.14. The summed E-state index contributed by atoms with van der Waals surface area (Å²) in [6.07, 6.45) is 6.43. The number of anilines is 1. The van der Waals surface area contributed by atoms with E-state index in [1.165, 1.54) is 4.90 Å². The molecule has 1 aromatic carbocycles. The summed E-state index contributed by atoms with van der Waals surface area (Å²) in [4.78, 5) is 29.7. The zero-order valence-corrected chi connectivity index (χ0v) is 13.2. The quantitative estimate of drug-likeness (QED) is 0.647. The predicted octanol–water partition coefficient (Wildman–Crippen LogP) is 1.85. The highest BCUT2D eigenvalue weighted by Crippen LogP contribution is 2.24. The molecule has 1 atom stereocenters. The van der Waals surface area contributed by atoms with Crippen LogP contribution in [0.15, 0.2) is 43.0 Å². The molecule has 1 saturated heterocycles. The van der Waals surface area contributed by atoms with Crippen molar-refractivity contribution in [3.05, 3.63) is 48.0 Å². The molecule has 2 heterocycles. The highest BCUT2D eigenvalue weighted by Gasteiger charge is 2.38. The molecule has 0 saturated carbocycles. The van der Waals surface area contributed by atoms with Crippen LogP contribution in [-0.4, -0.2) is 34.0 Å². The molecule has 1 N–H and O–H groups in total. The Bertz CT molecular complexity index is 685. The third-order valence-electron chi connectivity index (χ3n) is 3.77. The third kappa shape index (κ3) is 3.60. The Labute approximate surface area is 139 Å². The van der Waals surface area contributed by atoms with Crippen molar-refractivity contribution in [3.8, 4) is 0 Å². The molecule has 1 fully saturated rings. The Morgan fingerprint density at radius 1 is 1.26 bits per heavy atom. The van der Waals surface area contributed by atoms with Crippen molar-refractivity contribution in [2.75, 3.05) is 11.4 Å². The van der Waals surface area contributed by atoms with Crippen molar-refractivity contribution < 1.29 is 9.59 Å². The number of nitrogens with zero attached hydrogens (tertiary/aromatic N) is 3. The van der Waals surface area contributed by atoms with Gasteiger partial charge in [0.05, 0.1) is 24.5 Å². The minimum absolute atomic E-state index is 0.187. The molecule has 120 valence electrons. The molecule has 6 nitrogen and oxygen atoms in total. The number of aryl methyl sites for hydroxylation is 1. The monoisotopic (exact) mass is 332 g/mol. The normalized spacial score (nSPS) is 18.0. The van der Waals surface area contributed by atoms with Gasteiger partial charge in [0.2, 0.25) is 5.91 Å². The summed E-state index contributed by atoms with van der Waals surface area (Å²) in [5.41, 5.74) is 0.562. The summed E-state index contributed by atoms with van der Waals surface area (Å²) in [5.74, 6) is -0.399. The van der Waals surface area contributed by atoms with Crippen LogP contribution in [0.25, 0.3) is 0 Å². The van der Waals surface area contributed by atoms with E-state index in [1.807, 2.05) is 10.8 Å². The van der Waals surface area contributed by atoms with E-state index in [1.54, 1.807) is 36.8 Å². The van der Waals surface area contributed by atoms with E-state index >= 15 is 0 Å². The molecule has 0 spiro atoms. The summed E-state index contributed by atoms with van der Waals surface area (Å²) >= 11 is 5.84. The molecular weight excluding hydrogens is 316 g/mol. The predicted molar refractivity (Wildman–Crippen MR) is 87.2 cm³/mol. The minimum Gasteiger partial charge on any atom is -0.337 e. The molecule has 23 heavy (non-hydrogen) atoms. The first kappa shape index (κ1) is 15.7. The summed E-state index contributed by atoms with van der Waals surface area (Å²) in [5, 5.41) is 3.73. The number of rotatable bonds is 6. The Kier molecular flexibility index (Phi) is 4.73. The number of imidazole rings is 1. The fourth-order valence-electron chi connectivity index (χ4n) is 2.61. The van der Waals surface area contributed by atoms with Crippen molar-refractivity contribution in [1.29, 1.82) is 0 Å². The molecule has 2 amide bonds. The van der Waals surface area contributed by atoms with Gasteiger partial charge >= 0.3 is 0 Å². The standard InChI is InChI=1S/C16H17ClN4O2/c17-12-2-4-13(5-3-12)21-15(22)10-14(16(21)23)19-6-1-8-20-9-7-18-11-20/h2-5,7,9,11,14,19H,1,6,8,10H2/t14-/m1/s1. The maximum Gasteiger partial charge on any atom is 0.251 e. The molecule has 0 radical (unpaired) electrons. The average molecular weight is 333 g/mol. The topological polar surface area (TPSA) is 67.2 Å². The van der Waals surface area contributed by atoms with Gasteiger partial charge in [-0.15, -0.1) is 0 Å². The Hall–Kier alpha value is -2.18. The Morgan fingerprint density at radius 3 is 2.74 bits per heavy atom. The van der Waals surface area contributed by atoms with Crippen LogP contribution in [0.2, 0.25) is 5.02 Å². The molecule has 3 rings (SSSR count). The van der Waals surface area contributed by atoms with Crippen LogP contribution in [0.1, 0.15) is 12.8 Å². The highest BCUT2D eigenvalue weighted by molar-refractivity contribution is 6.30. The van der Waals surface area contributed by atoms with Gasteiger partial charge in [-0.05, 0) is 37.2 Å².